The summed E-state index contributed by atoms with van der Waals surface area (Å²) in [5, 5.41) is 6.15. The number of urea groups is 1. The number of rotatable bonds is 19. The molecular weight excluding hydrogens is 651 g/mol. The zero-order valence-electron chi connectivity index (χ0n) is 32.4. The Morgan fingerprint density at radius 1 is 0.840 bits per heavy atom. The van der Waals surface area contributed by atoms with Crippen LogP contribution in [0, 0.1) is 18.8 Å². The number of nitrogens with one attached hydrogen (secondary N) is 2. The molecule has 0 heterocycles. The smallest absolute Gasteiger partial charge is 0.434 e. The van der Waals surface area contributed by atoms with Crippen LogP contribution in [0.15, 0.2) is 42.5 Å². The van der Waals surface area contributed by atoms with E-state index in [-0.39, 0.29) is 30.0 Å². The van der Waals surface area contributed by atoms with Gasteiger partial charge in [-0.15, -0.1) is 0 Å². The summed E-state index contributed by atoms with van der Waals surface area (Å²) in [6, 6.07) is 13.3. The largest absolute Gasteiger partial charge is 0.511 e. The SMILES string of the molecule is CCC(CC(=O)OCOC(=O)OCCCCO[Si](C)(C)C(C)(C)C)c1ccc(N(CC(C)C)CC(C)C)c(NC(=O)Nc2ccc(C)cc2)c1. The molecule has 0 fully saturated rings. The lowest BCUT2D eigenvalue weighted by atomic mass is 9.92. The number of ether oxygens (including phenoxy) is 3. The van der Waals surface area contributed by atoms with Crippen molar-refractivity contribution in [1.82, 2.24) is 0 Å². The first-order valence-electron chi connectivity index (χ1n) is 18.0. The highest BCUT2D eigenvalue weighted by Crippen LogP contribution is 2.37. The van der Waals surface area contributed by atoms with Gasteiger partial charge in [0.1, 0.15) is 0 Å². The zero-order valence-corrected chi connectivity index (χ0v) is 33.4. The van der Waals surface area contributed by atoms with Crippen LogP contribution < -0.4 is 15.5 Å². The molecule has 0 aliphatic rings. The van der Waals surface area contributed by atoms with Crippen molar-refractivity contribution in [1.29, 1.82) is 0 Å². The molecule has 0 saturated heterocycles. The lowest BCUT2D eigenvalue weighted by molar-refractivity contribution is -0.153. The van der Waals surface area contributed by atoms with Gasteiger partial charge in [-0.05, 0) is 91.9 Å². The van der Waals surface area contributed by atoms with E-state index in [0.29, 0.717) is 42.7 Å². The summed E-state index contributed by atoms with van der Waals surface area (Å²) in [6.45, 7) is 25.7. The minimum Gasteiger partial charge on any atom is -0.434 e. The van der Waals surface area contributed by atoms with Crippen LogP contribution in [0.25, 0.3) is 0 Å². The van der Waals surface area contributed by atoms with E-state index in [1.807, 2.05) is 56.3 Å². The van der Waals surface area contributed by atoms with Gasteiger partial charge in [-0.3, -0.25) is 4.79 Å². The van der Waals surface area contributed by atoms with Crippen molar-refractivity contribution in [2.75, 3.05) is 48.6 Å². The number of hydrogen-bond acceptors (Lipinski definition) is 8. The Morgan fingerprint density at radius 3 is 2.04 bits per heavy atom. The molecule has 280 valence electrons. The van der Waals surface area contributed by atoms with Gasteiger partial charge < -0.3 is 34.2 Å². The van der Waals surface area contributed by atoms with Gasteiger partial charge in [0.25, 0.3) is 0 Å². The minimum atomic E-state index is -1.80. The molecule has 0 bridgehead atoms. The van der Waals surface area contributed by atoms with E-state index in [1.54, 1.807) is 0 Å². The van der Waals surface area contributed by atoms with E-state index in [1.165, 1.54) is 0 Å². The first-order chi connectivity index (χ1) is 23.4. The Kier molecular flexibility index (Phi) is 17.3. The number of aryl methyl sites for hydroxylation is 1. The Labute approximate surface area is 302 Å². The van der Waals surface area contributed by atoms with Crippen LogP contribution in [0.4, 0.5) is 26.7 Å². The maximum absolute atomic E-state index is 13.2. The fourth-order valence-corrected chi connectivity index (χ4v) is 6.19. The van der Waals surface area contributed by atoms with Gasteiger partial charge in [0.05, 0.1) is 24.4 Å². The van der Waals surface area contributed by atoms with E-state index in [9.17, 15) is 14.4 Å². The third-order valence-corrected chi connectivity index (χ3v) is 13.4. The van der Waals surface area contributed by atoms with Crippen LogP contribution in [-0.2, 0) is 23.4 Å². The van der Waals surface area contributed by atoms with Crippen molar-refractivity contribution in [3.05, 3.63) is 53.6 Å². The average molecular weight is 714 g/mol. The van der Waals surface area contributed by atoms with Crippen LogP contribution in [0.1, 0.15) is 98.1 Å². The van der Waals surface area contributed by atoms with E-state index in [2.05, 4.69) is 77.1 Å². The molecule has 0 radical (unpaired) electrons. The summed E-state index contributed by atoms with van der Waals surface area (Å²) >= 11 is 0. The number of nitrogens with zero attached hydrogens (tertiary/aromatic N) is 1. The van der Waals surface area contributed by atoms with Gasteiger partial charge >= 0.3 is 18.2 Å². The van der Waals surface area contributed by atoms with Crippen molar-refractivity contribution in [2.45, 2.75) is 112 Å². The van der Waals surface area contributed by atoms with Gasteiger partial charge in [-0.1, -0.05) is 79.2 Å². The maximum Gasteiger partial charge on any atom is 0.511 e. The van der Waals surface area contributed by atoms with Crippen LogP contribution in [-0.4, -0.2) is 59.6 Å². The van der Waals surface area contributed by atoms with Gasteiger partial charge in [0.2, 0.25) is 6.79 Å². The van der Waals surface area contributed by atoms with E-state index in [0.717, 1.165) is 36.3 Å². The van der Waals surface area contributed by atoms with Crippen molar-refractivity contribution in [2.24, 2.45) is 11.8 Å². The van der Waals surface area contributed by atoms with Gasteiger partial charge in [0, 0.05) is 25.4 Å². The van der Waals surface area contributed by atoms with Crippen LogP contribution >= 0.6 is 0 Å². The molecule has 1 atom stereocenters. The molecule has 1 unspecified atom stereocenters. The second kappa shape index (κ2) is 20.3. The van der Waals surface area contributed by atoms with Crippen LogP contribution in [0.2, 0.25) is 18.1 Å². The van der Waals surface area contributed by atoms with Crippen LogP contribution in [0.3, 0.4) is 0 Å². The molecule has 2 aromatic carbocycles. The Bertz CT molecular complexity index is 1350. The van der Waals surface area contributed by atoms with Crippen LogP contribution in [0.5, 0.6) is 0 Å². The summed E-state index contributed by atoms with van der Waals surface area (Å²) in [7, 11) is -1.80. The van der Waals surface area contributed by atoms with Crippen molar-refractivity contribution in [3.8, 4) is 0 Å². The molecule has 0 spiro atoms. The van der Waals surface area contributed by atoms with Gasteiger partial charge in [-0.2, -0.15) is 0 Å². The molecule has 2 rings (SSSR count). The zero-order chi connectivity index (χ0) is 37.5. The van der Waals surface area contributed by atoms with Gasteiger partial charge in [-0.25, -0.2) is 9.59 Å². The summed E-state index contributed by atoms with van der Waals surface area (Å²) in [5.74, 6) is 0.144. The highest BCUT2D eigenvalue weighted by atomic mass is 28.4. The predicted molar refractivity (Wildman–Crippen MR) is 206 cm³/mol. The third kappa shape index (κ3) is 15.1. The average Bonchev–Trinajstić information content (AvgIpc) is 3.01. The number of benzene rings is 2. The summed E-state index contributed by atoms with van der Waals surface area (Å²) in [4.78, 5) is 40.3. The maximum atomic E-state index is 13.2. The molecule has 2 amide bonds. The van der Waals surface area contributed by atoms with Crippen molar-refractivity contribution < 1.29 is 33.0 Å². The lowest BCUT2D eigenvalue weighted by Gasteiger charge is -2.36. The number of unbranched alkanes of at least 4 members (excludes halogenated alkanes) is 1. The molecule has 50 heavy (non-hydrogen) atoms. The highest BCUT2D eigenvalue weighted by Gasteiger charge is 2.36. The number of esters is 1. The first kappa shape index (κ1) is 42.6. The Hall–Kier alpha value is -3.57. The van der Waals surface area contributed by atoms with E-state index in [4.69, 9.17) is 18.6 Å². The van der Waals surface area contributed by atoms with E-state index >= 15 is 0 Å². The molecule has 2 aromatic rings. The molecule has 0 aliphatic heterocycles. The van der Waals surface area contributed by atoms with Gasteiger partial charge in [0.15, 0.2) is 8.32 Å². The number of amides is 2. The number of carbonyl (C=O) groups excluding carboxylic acids is 3. The quantitative estimate of drug-likeness (QED) is 0.0640. The topological polar surface area (TPSA) is 115 Å². The Balaban J connectivity index is 2.01. The molecule has 11 heteroatoms. The molecule has 10 nitrogen and oxygen atoms in total. The Morgan fingerprint density at radius 2 is 1.46 bits per heavy atom. The summed E-state index contributed by atoms with van der Waals surface area (Å²) in [5.41, 5.74) is 4.28. The van der Waals surface area contributed by atoms with Crippen molar-refractivity contribution >= 4 is 43.5 Å². The highest BCUT2D eigenvalue weighted by molar-refractivity contribution is 6.74. The van der Waals surface area contributed by atoms with Crippen molar-refractivity contribution in [3.63, 3.8) is 0 Å². The monoisotopic (exact) mass is 713 g/mol. The third-order valence-electron chi connectivity index (χ3n) is 8.89. The second-order valence-electron chi connectivity index (χ2n) is 15.4. The number of carbonyl (C=O) groups is 3. The molecule has 2 N–H and O–H groups in total. The molecular formula is C39H63N3O7Si. The first-order valence-corrected chi connectivity index (χ1v) is 20.9. The second-order valence-corrected chi connectivity index (χ2v) is 20.2. The normalized spacial score (nSPS) is 12.4. The number of anilines is 3. The fraction of sp³-hybridized carbons (Fsp3) is 0.615. The molecule has 0 aliphatic carbocycles. The lowest BCUT2D eigenvalue weighted by Crippen LogP contribution is -2.41. The fourth-order valence-electron chi connectivity index (χ4n) is 5.10. The summed E-state index contributed by atoms with van der Waals surface area (Å²) in [6.07, 6.45) is 1.29. The minimum absolute atomic E-state index is 0.0825. The molecule has 0 aromatic heterocycles. The summed E-state index contributed by atoms with van der Waals surface area (Å²) < 4.78 is 21.5. The van der Waals surface area contributed by atoms with E-state index < -0.39 is 27.2 Å². The number of hydrogen-bond donors (Lipinski definition) is 2. The standard InChI is InChI=1S/C39H63N3O7Si/c1-12-31(24-36(43)47-27-48-38(45)46-21-13-14-22-49-50(10,11)39(7,8)9)32-17-20-35(42(25-28(2)3)26-29(4)5)34(23-32)41-37(44)40-33-18-15-30(6)16-19-33/h15-20,23,28-29,31H,12-14,21-22,24-27H2,1-11H3,(H2,40,41,44). The predicted octanol–water partition coefficient (Wildman–Crippen LogP) is 10.1. The molecule has 0 saturated carbocycles.